The van der Waals surface area contributed by atoms with Gasteiger partial charge in [0.1, 0.15) is 11.2 Å². The minimum Gasteiger partial charge on any atom is -0.333 e. The van der Waals surface area contributed by atoms with Gasteiger partial charge in [-0.05, 0) is 6.92 Å². The highest BCUT2D eigenvalue weighted by molar-refractivity contribution is 7.14. The number of aromatic nitrogens is 8. The third-order valence-corrected chi connectivity index (χ3v) is 4.08. The van der Waals surface area contributed by atoms with Crippen LogP contribution in [0.3, 0.4) is 0 Å². The Morgan fingerprint density at radius 3 is 2.95 bits per heavy atom. The van der Waals surface area contributed by atoms with Gasteiger partial charge in [-0.2, -0.15) is 5.10 Å². The summed E-state index contributed by atoms with van der Waals surface area (Å²) < 4.78 is 5.47. The van der Waals surface area contributed by atoms with Gasteiger partial charge in [-0.15, -0.1) is 5.10 Å². The quantitative estimate of drug-likeness (QED) is 0.571. The Labute approximate surface area is 123 Å². The molecule has 4 rings (SSSR count). The molecule has 106 valence electrons. The van der Waals surface area contributed by atoms with E-state index in [0.717, 1.165) is 22.2 Å². The third-order valence-electron chi connectivity index (χ3n) is 3.39. The number of hydrogen-bond donors (Lipinski definition) is 0. The van der Waals surface area contributed by atoms with Gasteiger partial charge in [0.15, 0.2) is 5.82 Å². The zero-order valence-corrected chi connectivity index (χ0v) is 12.3. The van der Waals surface area contributed by atoms with E-state index < -0.39 is 0 Å². The van der Waals surface area contributed by atoms with Gasteiger partial charge in [0, 0.05) is 19.4 Å². The van der Waals surface area contributed by atoms with Crippen LogP contribution >= 0.6 is 11.3 Å². The first-order valence-corrected chi connectivity index (χ1v) is 7.28. The lowest BCUT2D eigenvalue weighted by atomic mass is 10.2. The molecule has 9 heteroatoms. The van der Waals surface area contributed by atoms with E-state index in [2.05, 4.69) is 25.4 Å². The van der Waals surface area contributed by atoms with Crippen molar-refractivity contribution in [3.8, 4) is 11.5 Å². The topological polar surface area (TPSA) is 78.7 Å². The average Bonchev–Trinajstić information content (AvgIpc) is 3.20. The molecule has 0 aliphatic rings. The number of imidazole rings is 2. The molecule has 0 fully saturated rings. The fourth-order valence-corrected chi connectivity index (χ4v) is 2.78. The summed E-state index contributed by atoms with van der Waals surface area (Å²) >= 11 is 1.51. The number of fused-ring (bicyclic) bond motifs is 1. The Balaban J connectivity index is 1.68. The maximum Gasteiger partial charge on any atom is 0.212 e. The van der Waals surface area contributed by atoms with Crippen LogP contribution in [0.25, 0.3) is 16.5 Å². The van der Waals surface area contributed by atoms with Crippen molar-refractivity contribution in [1.82, 2.24) is 39.1 Å². The molecule has 0 bridgehead atoms. The highest BCUT2D eigenvalue weighted by Gasteiger charge is 2.16. The van der Waals surface area contributed by atoms with Crippen LogP contribution < -0.4 is 0 Å². The molecule has 8 nitrogen and oxygen atoms in total. The van der Waals surface area contributed by atoms with E-state index in [9.17, 15) is 0 Å². The van der Waals surface area contributed by atoms with Crippen molar-refractivity contribution in [2.75, 3.05) is 0 Å². The van der Waals surface area contributed by atoms with Gasteiger partial charge < -0.3 is 4.57 Å². The molecule has 0 saturated heterocycles. The monoisotopic (exact) mass is 300 g/mol. The van der Waals surface area contributed by atoms with Gasteiger partial charge in [-0.3, -0.25) is 0 Å². The first-order chi connectivity index (χ1) is 10.2. The Morgan fingerprint density at radius 1 is 1.29 bits per heavy atom. The number of aryl methyl sites for hydroxylation is 1. The zero-order valence-electron chi connectivity index (χ0n) is 11.5. The van der Waals surface area contributed by atoms with Crippen LogP contribution in [0.15, 0.2) is 30.3 Å². The van der Waals surface area contributed by atoms with Crippen molar-refractivity contribution < 1.29 is 0 Å². The van der Waals surface area contributed by atoms with Gasteiger partial charge in [-0.25, -0.2) is 19.2 Å². The third kappa shape index (κ3) is 1.93. The molecule has 0 unspecified atom stereocenters. The van der Waals surface area contributed by atoms with Crippen LogP contribution in [0, 0.1) is 0 Å². The summed E-state index contributed by atoms with van der Waals surface area (Å²) in [6.07, 6.45) is 7.42. The second-order valence-electron chi connectivity index (χ2n) is 4.75. The lowest BCUT2D eigenvalue weighted by molar-refractivity contribution is 0.533. The smallest absolute Gasteiger partial charge is 0.212 e. The minimum atomic E-state index is -0.0135. The number of rotatable bonds is 3. The summed E-state index contributed by atoms with van der Waals surface area (Å²) in [5.41, 5.74) is 3.42. The van der Waals surface area contributed by atoms with Crippen LogP contribution in [0.4, 0.5) is 0 Å². The van der Waals surface area contributed by atoms with Gasteiger partial charge in [0.2, 0.25) is 4.96 Å². The molecule has 1 atom stereocenters. The predicted octanol–water partition coefficient (Wildman–Crippen LogP) is 1.39. The number of hydrogen-bond acceptors (Lipinski definition) is 6. The van der Waals surface area contributed by atoms with Crippen LogP contribution in [0.1, 0.15) is 18.7 Å². The van der Waals surface area contributed by atoms with Crippen molar-refractivity contribution in [2.24, 2.45) is 7.05 Å². The van der Waals surface area contributed by atoms with Crippen molar-refractivity contribution >= 4 is 16.3 Å². The van der Waals surface area contributed by atoms with Crippen LogP contribution in [-0.2, 0) is 7.05 Å². The maximum absolute atomic E-state index is 4.55. The molecule has 0 amide bonds. The van der Waals surface area contributed by atoms with Crippen molar-refractivity contribution in [3.05, 3.63) is 36.0 Å². The Morgan fingerprint density at radius 2 is 2.19 bits per heavy atom. The standard InChI is InChI=1S/C12H12N8S/c1-8(9-5-20-12(15-9)21-7-14-20)19-6-10(16-17-19)11-13-3-4-18(11)2/h3-8H,1-2H3/t8-/m1/s1. The fraction of sp³-hybridized carbons (Fsp3) is 0.250. The molecule has 0 N–H and O–H groups in total. The summed E-state index contributed by atoms with van der Waals surface area (Å²) in [6, 6.07) is -0.0135. The molecular weight excluding hydrogens is 288 g/mol. The van der Waals surface area contributed by atoms with Gasteiger partial charge in [0.25, 0.3) is 0 Å². The van der Waals surface area contributed by atoms with E-state index in [4.69, 9.17) is 0 Å². The molecule has 0 aromatic carbocycles. The molecule has 0 aliphatic carbocycles. The summed E-state index contributed by atoms with van der Waals surface area (Å²) in [5, 5.41) is 12.6. The van der Waals surface area contributed by atoms with Crippen LogP contribution in [0.5, 0.6) is 0 Å². The molecule has 0 radical (unpaired) electrons. The highest BCUT2D eigenvalue weighted by Crippen LogP contribution is 2.20. The molecule has 0 aliphatic heterocycles. The van der Waals surface area contributed by atoms with Crippen molar-refractivity contribution in [3.63, 3.8) is 0 Å². The normalized spacial score (nSPS) is 13.0. The van der Waals surface area contributed by atoms with Gasteiger partial charge in [0.05, 0.1) is 24.1 Å². The average molecular weight is 300 g/mol. The molecule has 0 saturated carbocycles. The highest BCUT2D eigenvalue weighted by atomic mass is 32.1. The first kappa shape index (κ1) is 12.2. The molecule has 4 aromatic rings. The van der Waals surface area contributed by atoms with E-state index in [1.54, 1.807) is 20.9 Å². The first-order valence-electron chi connectivity index (χ1n) is 6.40. The van der Waals surface area contributed by atoms with Gasteiger partial charge >= 0.3 is 0 Å². The Kier molecular flexibility index (Phi) is 2.61. The summed E-state index contributed by atoms with van der Waals surface area (Å²) in [7, 11) is 1.93. The molecular formula is C12H12N8S. The maximum atomic E-state index is 4.55. The van der Waals surface area contributed by atoms with Crippen molar-refractivity contribution in [2.45, 2.75) is 13.0 Å². The van der Waals surface area contributed by atoms with E-state index in [0.29, 0.717) is 0 Å². The fourth-order valence-electron chi connectivity index (χ4n) is 2.17. The molecule has 4 aromatic heterocycles. The number of nitrogens with zero attached hydrogens (tertiary/aromatic N) is 8. The van der Waals surface area contributed by atoms with Crippen molar-refractivity contribution in [1.29, 1.82) is 0 Å². The van der Waals surface area contributed by atoms with Crippen LogP contribution in [0.2, 0.25) is 0 Å². The summed E-state index contributed by atoms with van der Waals surface area (Å²) in [5.74, 6) is 0.793. The van der Waals surface area contributed by atoms with Gasteiger partial charge in [-0.1, -0.05) is 16.6 Å². The molecule has 0 spiro atoms. The minimum absolute atomic E-state index is 0.0135. The van der Waals surface area contributed by atoms with E-state index in [1.165, 1.54) is 11.3 Å². The second-order valence-corrected chi connectivity index (χ2v) is 5.56. The molecule has 21 heavy (non-hydrogen) atoms. The lowest BCUT2D eigenvalue weighted by Crippen LogP contribution is -2.07. The summed E-state index contributed by atoms with van der Waals surface area (Å²) in [4.78, 5) is 9.70. The molecule has 4 heterocycles. The largest absolute Gasteiger partial charge is 0.333 e. The van der Waals surface area contributed by atoms with E-state index in [-0.39, 0.29) is 6.04 Å². The second kappa shape index (κ2) is 4.48. The predicted molar refractivity (Wildman–Crippen MR) is 76.9 cm³/mol. The van der Waals surface area contributed by atoms with Crippen LogP contribution in [-0.4, -0.2) is 39.1 Å². The van der Waals surface area contributed by atoms with E-state index in [1.807, 2.05) is 37.1 Å². The SMILES string of the molecule is C[C@H](c1cn2ncsc2n1)n1cc(-c2nccn2C)nn1. The van der Waals surface area contributed by atoms with E-state index >= 15 is 0 Å². The Hall–Kier alpha value is -2.55. The lowest BCUT2D eigenvalue weighted by Gasteiger charge is -2.06. The summed E-state index contributed by atoms with van der Waals surface area (Å²) in [6.45, 7) is 2.03. The zero-order chi connectivity index (χ0) is 14.4. The Bertz CT molecular complexity index is 869.